The van der Waals surface area contributed by atoms with Crippen LogP contribution < -0.4 is 69.1 Å². The number of anilines is 3. The van der Waals surface area contributed by atoms with Gasteiger partial charge < -0.3 is 40.5 Å². The number of phenolic OH excluding ortho intramolecular Hbond substituents is 1. The average Bonchev–Trinajstić information content (AvgIpc) is 1.60. The molecule has 3 aliphatic heterocycles. The summed E-state index contributed by atoms with van der Waals surface area (Å²) in [4.78, 5) is 98.5. The molecule has 102 heavy (non-hydrogen) atoms. The van der Waals surface area contributed by atoms with Gasteiger partial charge in [0.25, 0.3) is 16.7 Å². The van der Waals surface area contributed by atoms with Crippen LogP contribution >= 0.6 is 0 Å². The number of ether oxygens (including phenoxy) is 1. The molecular weight excluding hydrogens is 1290 g/mol. The summed E-state index contributed by atoms with van der Waals surface area (Å²) in [5.74, 6) is 3.26. The van der Waals surface area contributed by atoms with Gasteiger partial charge in [0.1, 0.15) is 11.5 Å². The lowest BCUT2D eigenvalue weighted by molar-refractivity contribution is 0.399. The lowest BCUT2D eigenvalue weighted by atomic mass is 10.0. The molecule has 528 valence electrons. The maximum absolute atomic E-state index is 13.2. The highest BCUT2D eigenvalue weighted by molar-refractivity contribution is 5.77. The van der Waals surface area contributed by atoms with Gasteiger partial charge in [-0.05, 0) is 64.8 Å². The minimum Gasteiger partial charge on any atom is -0.508 e. The summed E-state index contributed by atoms with van der Waals surface area (Å²) >= 11 is 0. The zero-order chi connectivity index (χ0) is 71.3. The molecule has 3 fully saturated rings. The van der Waals surface area contributed by atoms with E-state index in [-0.39, 0.29) is 51.9 Å². The number of nitrogens with zero attached hydrogens (tertiary/aromatic N) is 15. The van der Waals surface area contributed by atoms with Gasteiger partial charge in [0.2, 0.25) is 17.8 Å². The second-order valence-corrected chi connectivity index (χ2v) is 26.4. The average molecular weight is 1380 g/mol. The normalized spacial score (nSPS) is 16.3. The number of para-hydroxylation sites is 2. The molecule has 3 atom stereocenters. The second-order valence-electron chi connectivity index (χ2n) is 26.4. The highest BCUT2D eigenvalue weighted by Gasteiger charge is 2.32. The van der Waals surface area contributed by atoms with Gasteiger partial charge in [-0.3, -0.25) is 55.5 Å². The van der Waals surface area contributed by atoms with E-state index in [2.05, 4.69) is 61.0 Å². The highest BCUT2D eigenvalue weighted by Crippen LogP contribution is 2.29. The minimum atomic E-state index is -0.397. The lowest BCUT2D eigenvalue weighted by Crippen LogP contribution is -2.52. The van der Waals surface area contributed by atoms with Gasteiger partial charge in [-0.15, -0.1) is 0 Å². The Bertz CT molecular complexity index is 5370. The number of piperazine rings is 3. The van der Waals surface area contributed by atoms with Crippen LogP contribution in [0, 0.1) is 0 Å². The molecule has 0 bridgehead atoms. The van der Waals surface area contributed by atoms with Crippen molar-refractivity contribution in [2.24, 2.45) is 42.3 Å². The van der Waals surface area contributed by atoms with Crippen LogP contribution in [0.4, 0.5) is 17.8 Å². The number of methoxy groups -OCH3 is 1. The van der Waals surface area contributed by atoms with E-state index in [4.69, 9.17) is 19.7 Å². The van der Waals surface area contributed by atoms with E-state index in [9.17, 15) is 33.9 Å². The first-order chi connectivity index (χ1) is 49.4. The number of imidazole rings is 3. The summed E-state index contributed by atoms with van der Waals surface area (Å²) < 4.78 is 19.2. The molecule has 0 radical (unpaired) electrons. The first-order valence-corrected chi connectivity index (χ1v) is 34.4. The third kappa shape index (κ3) is 14.2. The number of fused-ring (bicyclic) bond motifs is 3. The lowest BCUT2D eigenvalue weighted by Gasteiger charge is -2.35. The zero-order valence-electron chi connectivity index (χ0n) is 58.5. The molecule has 4 N–H and O–H groups in total. The van der Waals surface area contributed by atoms with E-state index in [0.29, 0.717) is 91.1 Å². The summed E-state index contributed by atoms with van der Waals surface area (Å²) in [6.07, 6.45) is 2.39. The third-order valence-corrected chi connectivity index (χ3v) is 19.6. The number of aromatic hydroxyl groups is 1. The molecule has 26 nitrogen and oxygen atoms in total. The van der Waals surface area contributed by atoms with Gasteiger partial charge >= 0.3 is 17.1 Å². The van der Waals surface area contributed by atoms with Crippen LogP contribution in [0.15, 0.2) is 199 Å². The van der Waals surface area contributed by atoms with E-state index in [1.807, 2.05) is 147 Å². The maximum atomic E-state index is 13.2. The van der Waals surface area contributed by atoms with Crippen LogP contribution in [-0.4, -0.2) is 145 Å². The molecule has 3 saturated heterocycles. The van der Waals surface area contributed by atoms with Crippen molar-refractivity contribution in [2.45, 2.75) is 57.0 Å². The van der Waals surface area contributed by atoms with Crippen molar-refractivity contribution in [3.05, 3.63) is 266 Å². The molecule has 2 unspecified atom stereocenters. The number of aryl methyl sites for hydroxylation is 3. The van der Waals surface area contributed by atoms with Crippen molar-refractivity contribution in [3.63, 3.8) is 0 Å². The number of hydrogen-bond donors (Lipinski definition) is 4. The van der Waals surface area contributed by atoms with Gasteiger partial charge in [-0.1, -0.05) is 158 Å². The standard InChI is InChI=1S/C26H30N6O3.C25H28N6O3.C25H28N6O2/c1-29-23-22(24(33)30(2)26(29)34)32(16-18-9-5-4-6-10-18)25(28-23)31-14-13-27-20(17-31)15-19-11-7-8-12-21(19)35-3;1-28-22-21(23(33)29(2)25(28)34)31(15-17-8-4-3-5-9-17)24(27-22)30-13-12-26-19(16-30)14-18-10-6-7-11-20(18)32;1-28-22-21(23(32)29(2)25(28)33)31(16-19-11-7-4-8-12-19)24(27-22)30-14-13-26-20(17-30)15-18-9-5-3-6-10-18/h4-12,20,27H,13-17H2,1-3H3;3-11,19,26,32H,12-16H2,1-2H3;3-12,20,26H,13-17H2,1-2H3/t;;20-/m..1/s1. The molecule has 0 amide bonds. The number of aromatic nitrogens is 12. The van der Waals surface area contributed by atoms with Gasteiger partial charge in [0, 0.05) is 119 Å². The largest absolute Gasteiger partial charge is 0.508 e. The summed E-state index contributed by atoms with van der Waals surface area (Å²) in [7, 11) is 11.2. The number of benzene rings is 6. The molecule has 26 heteroatoms. The van der Waals surface area contributed by atoms with Crippen LogP contribution in [0.3, 0.4) is 0 Å². The Kier molecular flexibility index (Phi) is 20.5. The number of phenols is 1. The Morgan fingerprint density at radius 2 is 0.686 bits per heavy atom. The monoisotopic (exact) mass is 1380 g/mol. The van der Waals surface area contributed by atoms with Crippen molar-refractivity contribution < 1.29 is 9.84 Å². The van der Waals surface area contributed by atoms with Gasteiger partial charge in [0.05, 0.1) is 26.7 Å². The second kappa shape index (κ2) is 30.2. The summed E-state index contributed by atoms with van der Waals surface area (Å²) in [5.41, 5.74) is 6.85. The molecule has 3 aliphatic rings. The predicted molar refractivity (Wildman–Crippen MR) is 398 cm³/mol. The molecule has 6 aromatic carbocycles. The smallest absolute Gasteiger partial charge is 0.332 e. The van der Waals surface area contributed by atoms with Crippen LogP contribution in [-0.2, 0) is 81.2 Å². The van der Waals surface area contributed by atoms with E-state index in [1.54, 1.807) is 34.3 Å². The molecule has 0 saturated carbocycles. The van der Waals surface area contributed by atoms with E-state index in [0.717, 1.165) is 105 Å². The van der Waals surface area contributed by atoms with Crippen molar-refractivity contribution in [2.75, 3.05) is 80.7 Å². The van der Waals surface area contributed by atoms with Crippen LogP contribution in [0.25, 0.3) is 33.5 Å². The maximum Gasteiger partial charge on any atom is 0.332 e. The fourth-order valence-corrected chi connectivity index (χ4v) is 14.2. The van der Waals surface area contributed by atoms with Crippen molar-refractivity contribution in [1.29, 1.82) is 0 Å². The molecule has 0 aliphatic carbocycles. The van der Waals surface area contributed by atoms with Crippen molar-refractivity contribution >= 4 is 51.3 Å². The summed E-state index contributed by atoms with van der Waals surface area (Å²) in [6.45, 7) is 8.17. The van der Waals surface area contributed by atoms with Crippen molar-refractivity contribution in [1.82, 2.24) is 72.0 Å². The quantitative estimate of drug-likeness (QED) is 0.106. The van der Waals surface area contributed by atoms with Gasteiger partial charge in [0.15, 0.2) is 33.5 Å². The predicted octanol–water partition coefficient (Wildman–Crippen LogP) is 4.22. The minimum absolute atomic E-state index is 0.0960. The van der Waals surface area contributed by atoms with Crippen molar-refractivity contribution in [3.8, 4) is 11.5 Å². The Hall–Kier alpha value is -11.4. The molecule has 9 heterocycles. The van der Waals surface area contributed by atoms with Gasteiger partial charge in [-0.2, -0.15) is 15.0 Å². The van der Waals surface area contributed by atoms with E-state index in [1.165, 1.54) is 40.4 Å². The van der Waals surface area contributed by atoms with Crippen LogP contribution in [0.1, 0.15) is 33.4 Å². The number of rotatable bonds is 16. The molecule has 15 rings (SSSR count). The fourth-order valence-electron chi connectivity index (χ4n) is 14.2. The highest BCUT2D eigenvalue weighted by atomic mass is 16.5. The topological polar surface area (TPSA) is 261 Å². The fraction of sp³-hybridized carbons (Fsp3) is 0.329. The van der Waals surface area contributed by atoms with Crippen LogP contribution in [0.2, 0.25) is 0 Å². The van der Waals surface area contributed by atoms with Gasteiger partial charge in [-0.25, -0.2) is 14.4 Å². The third-order valence-electron chi connectivity index (χ3n) is 19.6. The molecular formula is C76H86N18O8. The first-order valence-electron chi connectivity index (χ1n) is 34.4. The number of hydrogen-bond acceptors (Lipinski definition) is 17. The molecule has 12 aromatic rings. The zero-order valence-corrected chi connectivity index (χ0v) is 58.5. The Balaban J connectivity index is 0.000000137. The summed E-state index contributed by atoms with van der Waals surface area (Å²) in [6, 6.07) is 56.4. The first kappa shape index (κ1) is 69.1. The Morgan fingerprint density at radius 3 is 1.04 bits per heavy atom. The van der Waals surface area contributed by atoms with E-state index >= 15 is 0 Å². The Morgan fingerprint density at radius 1 is 0.382 bits per heavy atom. The van der Waals surface area contributed by atoms with Crippen LogP contribution in [0.5, 0.6) is 11.5 Å². The summed E-state index contributed by atoms with van der Waals surface area (Å²) in [5, 5.41) is 21.0. The SMILES string of the molecule is COc1ccccc1CC1CN(c2nc3c(c(=O)n(C)c(=O)n3C)n2Cc2ccccc2)CCN1.Cn1c(=O)c2c(nc(N3CCNC(Cc4ccccc4O)C3)n2Cc2ccccc2)n(C)c1=O.Cn1c(=O)c2c(nc(N3CCN[C@H](Cc4ccccc4)C3)n2Cc2ccccc2)n(C)c1=O. The molecule has 6 aromatic heterocycles. The van der Waals surface area contributed by atoms with E-state index < -0.39 is 5.69 Å². The number of nitrogens with one attached hydrogen (secondary N) is 3. The molecule has 0 spiro atoms. The Labute approximate surface area is 587 Å².